The fourth-order valence-corrected chi connectivity index (χ4v) is 4.30. The summed E-state index contributed by atoms with van der Waals surface area (Å²) in [4.78, 5) is 37.4. The SMILES string of the molecule is COc1ccc(CC(CNC(=O)C2(CC(=O)OCc3ccccc3)CCCC2)C(=O)O)cc1. The van der Waals surface area contributed by atoms with Crippen LogP contribution in [0.5, 0.6) is 5.75 Å². The summed E-state index contributed by atoms with van der Waals surface area (Å²) < 4.78 is 10.5. The summed E-state index contributed by atoms with van der Waals surface area (Å²) in [6.45, 7) is 0.168. The number of hydrogen-bond acceptors (Lipinski definition) is 5. The summed E-state index contributed by atoms with van der Waals surface area (Å²) in [5.41, 5.74) is 0.896. The Bertz CT molecular complexity index is 935. The number of amides is 1. The van der Waals surface area contributed by atoms with Crippen LogP contribution < -0.4 is 10.1 Å². The van der Waals surface area contributed by atoms with E-state index in [-0.39, 0.29) is 31.9 Å². The van der Waals surface area contributed by atoms with E-state index in [0.717, 1.165) is 24.0 Å². The smallest absolute Gasteiger partial charge is 0.308 e. The van der Waals surface area contributed by atoms with E-state index in [0.29, 0.717) is 18.6 Å². The second-order valence-electron chi connectivity index (χ2n) is 8.61. The Morgan fingerprint density at radius 1 is 1.00 bits per heavy atom. The highest BCUT2D eigenvalue weighted by Crippen LogP contribution is 2.41. The van der Waals surface area contributed by atoms with Crippen LogP contribution in [0.1, 0.15) is 43.2 Å². The number of ether oxygens (including phenoxy) is 2. The van der Waals surface area contributed by atoms with Crippen molar-refractivity contribution < 1.29 is 29.0 Å². The number of carboxylic acid groups (broad SMARTS) is 1. The summed E-state index contributed by atoms with van der Waals surface area (Å²) in [7, 11) is 1.57. The van der Waals surface area contributed by atoms with E-state index in [2.05, 4.69) is 5.32 Å². The highest BCUT2D eigenvalue weighted by Gasteiger charge is 2.43. The quantitative estimate of drug-likeness (QED) is 0.503. The van der Waals surface area contributed by atoms with Crippen molar-refractivity contribution in [2.24, 2.45) is 11.3 Å². The van der Waals surface area contributed by atoms with Crippen molar-refractivity contribution in [3.63, 3.8) is 0 Å². The Kier molecular flexibility index (Phi) is 8.46. The van der Waals surface area contributed by atoms with E-state index >= 15 is 0 Å². The second kappa shape index (κ2) is 11.5. The van der Waals surface area contributed by atoms with Gasteiger partial charge in [0.15, 0.2) is 0 Å². The molecule has 0 spiro atoms. The molecular weight excluding hydrogens is 422 g/mol. The standard InChI is InChI=1S/C26H31NO6/c1-32-22-11-9-19(10-12-22)15-21(24(29)30)17-27-25(31)26(13-5-6-14-26)16-23(28)33-18-20-7-3-2-4-8-20/h2-4,7-12,21H,5-6,13-18H2,1H3,(H,27,31)(H,29,30). The molecule has 1 saturated carbocycles. The molecule has 0 aliphatic heterocycles. The van der Waals surface area contributed by atoms with Crippen LogP contribution in [0.25, 0.3) is 0 Å². The largest absolute Gasteiger partial charge is 0.497 e. The van der Waals surface area contributed by atoms with E-state index in [1.54, 1.807) is 19.2 Å². The first kappa shape index (κ1) is 24.3. The Hall–Kier alpha value is -3.35. The van der Waals surface area contributed by atoms with Gasteiger partial charge in [0.1, 0.15) is 12.4 Å². The monoisotopic (exact) mass is 453 g/mol. The molecular formula is C26H31NO6. The molecule has 1 fully saturated rings. The average molecular weight is 454 g/mol. The van der Waals surface area contributed by atoms with Crippen molar-refractivity contribution in [3.8, 4) is 5.75 Å². The van der Waals surface area contributed by atoms with Crippen LogP contribution in [0.15, 0.2) is 54.6 Å². The van der Waals surface area contributed by atoms with Gasteiger partial charge in [-0.2, -0.15) is 0 Å². The van der Waals surface area contributed by atoms with Gasteiger partial charge in [-0.1, -0.05) is 55.3 Å². The Morgan fingerprint density at radius 2 is 1.67 bits per heavy atom. The van der Waals surface area contributed by atoms with Crippen LogP contribution in [0, 0.1) is 11.3 Å². The van der Waals surface area contributed by atoms with Crippen LogP contribution in [0.2, 0.25) is 0 Å². The van der Waals surface area contributed by atoms with Gasteiger partial charge in [0.05, 0.1) is 24.9 Å². The van der Waals surface area contributed by atoms with Crippen molar-refractivity contribution in [2.75, 3.05) is 13.7 Å². The lowest BCUT2D eigenvalue weighted by Gasteiger charge is -2.27. The maximum Gasteiger partial charge on any atom is 0.308 e. The first-order chi connectivity index (χ1) is 15.9. The van der Waals surface area contributed by atoms with Crippen LogP contribution >= 0.6 is 0 Å². The first-order valence-corrected chi connectivity index (χ1v) is 11.3. The highest BCUT2D eigenvalue weighted by molar-refractivity contribution is 5.88. The topological polar surface area (TPSA) is 102 Å². The van der Waals surface area contributed by atoms with E-state index in [4.69, 9.17) is 9.47 Å². The number of carbonyl (C=O) groups excluding carboxylic acids is 2. The number of carboxylic acids is 1. The van der Waals surface area contributed by atoms with Crippen LogP contribution in [-0.4, -0.2) is 36.6 Å². The van der Waals surface area contributed by atoms with Gasteiger partial charge >= 0.3 is 11.9 Å². The van der Waals surface area contributed by atoms with Gasteiger partial charge in [-0.05, 0) is 42.5 Å². The molecule has 0 bridgehead atoms. The molecule has 7 heteroatoms. The lowest BCUT2D eigenvalue weighted by Crippen LogP contribution is -2.44. The summed E-state index contributed by atoms with van der Waals surface area (Å²) in [6.07, 6.45) is 3.18. The second-order valence-corrected chi connectivity index (χ2v) is 8.61. The van der Waals surface area contributed by atoms with Crippen molar-refractivity contribution in [3.05, 3.63) is 65.7 Å². The molecule has 1 aliphatic carbocycles. The van der Waals surface area contributed by atoms with E-state index in [1.807, 2.05) is 42.5 Å². The number of carbonyl (C=O) groups is 3. The molecule has 176 valence electrons. The summed E-state index contributed by atoms with van der Waals surface area (Å²) in [6, 6.07) is 16.6. The number of methoxy groups -OCH3 is 1. The van der Waals surface area contributed by atoms with Crippen LogP contribution in [-0.2, 0) is 32.1 Å². The van der Waals surface area contributed by atoms with Gasteiger partial charge in [0, 0.05) is 6.54 Å². The maximum absolute atomic E-state index is 13.1. The molecule has 0 saturated heterocycles. The van der Waals surface area contributed by atoms with Gasteiger partial charge < -0.3 is 19.9 Å². The predicted molar refractivity (Wildman–Crippen MR) is 123 cm³/mol. The molecule has 0 aromatic heterocycles. The van der Waals surface area contributed by atoms with Gasteiger partial charge in [-0.15, -0.1) is 0 Å². The number of rotatable bonds is 11. The number of esters is 1. The predicted octanol–water partition coefficient (Wildman–Crippen LogP) is 3.75. The minimum Gasteiger partial charge on any atom is -0.497 e. The lowest BCUT2D eigenvalue weighted by atomic mass is 9.81. The third kappa shape index (κ3) is 6.81. The Labute approximate surface area is 194 Å². The fraction of sp³-hybridized carbons (Fsp3) is 0.423. The van der Waals surface area contributed by atoms with Crippen molar-refractivity contribution in [1.29, 1.82) is 0 Å². The zero-order valence-electron chi connectivity index (χ0n) is 18.9. The van der Waals surface area contributed by atoms with Gasteiger partial charge in [-0.3, -0.25) is 14.4 Å². The van der Waals surface area contributed by atoms with Crippen molar-refractivity contribution in [2.45, 2.75) is 45.1 Å². The lowest BCUT2D eigenvalue weighted by molar-refractivity contribution is -0.152. The minimum atomic E-state index is -0.978. The summed E-state index contributed by atoms with van der Waals surface area (Å²) in [5, 5.41) is 12.5. The van der Waals surface area contributed by atoms with Crippen molar-refractivity contribution in [1.82, 2.24) is 5.32 Å². The molecule has 33 heavy (non-hydrogen) atoms. The highest BCUT2D eigenvalue weighted by atomic mass is 16.5. The third-order valence-electron chi connectivity index (χ3n) is 6.27. The minimum absolute atomic E-state index is 0.00100. The molecule has 1 aliphatic rings. The Morgan fingerprint density at radius 3 is 2.27 bits per heavy atom. The summed E-state index contributed by atoms with van der Waals surface area (Å²) >= 11 is 0. The third-order valence-corrected chi connectivity index (χ3v) is 6.27. The molecule has 2 aromatic rings. The first-order valence-electron chi connectivity index (χ1n) is 11.3. The normalized spacial score (nSPS) is 15.4. The fourth-order valence-electron chi connectivity index (χ4n) is 4.30. The molecule has 7 nitrogen and oxygen atoms in total. The van der Waals surface area contributed by atoms with Gasteiger partial charge in [-0.25, -0.2) is 0 Å². The molecule has 2 aromatic carbocycles. The van der Waals surface area contributed by atoms with Gasteiger partial charge in [0.2, 0.25) is 5.91 Å². The number of hydrogen-bond donors (Lipinski definition) is 2. The number of benzene rings is 2. The number of nitrogens with one attached hydrogen (secondary N) is 1. The van der Waals surface area contributed by atoms with E-state index in [1.165, 1.54) is 0 Å². The molecule has 1 amide bonds. The average Bonchev–Trinajstić information content (AvgIpc) is 3.30. The Balaban J connectivity index is 1.57. The van der Waals surface area contributed by atoms with E-state index < -0.39 is 23.3 Å². The molecule has 3 rings (SSSR count). The molecule has 1 atom stereocenters. The zero-order valence-corrected chi connectivity index (χ0v) is 18.9. The molecule has 1 unspecified atom stereocenters. The zero-order chi connectivity index (χ0) is 23.7. The van der Waals surface area contributed by atoms with E-state index in [9.17, 15) is 19.5 Å². The maximum atomic E-state index is 13.1. The van der Waals surface area contributed by atoms with Gasteiger partial charge in [0.25, 0.3) is 0 Å². The van der Waals surface area contributed by atoms with Crippen LogP contribution in [0.3, 0.4) is 0 Å². The van der Waals surface area contributed by atoms with Crippen LogP contribution in [0.4, 0.5) is 0 Å². The number of aliphatic carboxylic acids is 1. The van der Waals surface area contributed by atoms with Crippen molar-refractivity contribution >= 4 is 17.8 Å². The molecule has 0 heterocycles. The molecule has 2 N–H and O–H groups in total. The molecule has 0 radical (unpaired) electrons. The summed E-state index contributed by atoms with van der Waals surface area (Å²) in [5.74, 6) is -1.73.